The molecule has 6 heteroatoms. The van der Waals surface area contributed by atoms with Crippen molar-refractivity contribution in [3.05, 3.63) is 168 Å². The second-order valence-corrected chi connectivity index (χ2v) is 12.5. The predicted octanol–water partition coefficient (Wildman–Crippen LogP) is 9.71. The van der Waals surface area contributed by atoms with Crippen LogP contribution in [0.3, 0.4) is 0 Å². The number of hydrogen-bond acceptors (Lipinski definition) is 3. The molecular formula is C43H29N5O. The summed E-state index contributed by atoms with van der Waals surface area (Å²) in [7, 11) is 0. The van der Waals surface area contributed by atoms with Gasteiger partial charge in [0.25, 0.3) is 5.56 Å². The van der Waals surface area contributed by atoms with E-state index in [0.717, 1.165) is 72.6 Å². The first-order valence-corrected chi connectivity index (χ1v) is 16.6. The molecule has 5 aromatic carbocycles. The number of nitrogens with zero attached hydrogens (tertiary/aromatic N) is 5. The van der Waals surface area contributed by atoms with Gasteiger partial charge in [0.1, 0.15) is 0 Å². The van der Waals surface area contributed by atoms with E-state index in [1.807, 2.05) is 89.5 Å². The van der Waals surface area contributed by atoms with Crippen LogP contribution in [0, 0.1) is 0 Å². The highest BCUT2D eigenvalue weighted by atomic mass is 16.1. The second-order valence-electron chi connectivity index (χ2n) is 12.5. The van der Waals surface area contributed by atoms with Crippen LogP contribution in [0.2, 0.25) is 0 Å². The average molecular weight is 632 g/mol. The van der Waals surface area contributed by atoms with E-state index >= 15 is 4.79 Å². The van der Waals surface area contributed by atoms with Crippen LogP contribution < -0.4 is 5.56 Å². The summed E-state index contributed by atoms with van der Waals surface area (Å²) >= 11 is 0. The minimum Gasteiger partial charge on any atom is -0.330 e. The lowest BCUT2D eigenvalue weighted by Gasteiger charge is -2.20. The minimum atomic E-state index is -0.0743. The first-order valence-electron chi connectivity index (χ1n) is 16.6. The van der Waals surface area contributed by atoms with Gasteiger partial charge in [0, 0.05) is 27.4 Å². The third-order valence-corrected chi connectivity index (χ3v) is 9.77. The SMILES string of the molecule is O=c1c2c3ccccc3n(-c3nc(-c4ccccc4)c4ccccc4n3)c2c2c(c3ccccc3n2C2C=CC=CC2)n1-c1ccccc1. The Morgan fingerprint density at radius 3 is 2.02 bits per heavy atom. The van der Waals surface area contributed by atoms with Crippen molar-refractivity contribution in [2.45, 2.75) is 12.5 Å². The van der Waals surface area contributed by atoms with Crippen molar-refractivity contribution < 1.29 is 0 Å². The second kappa shape index (κ2) is 10.8. The Labute approximate surface area is 281 Å². The highest BCUT2D eigenvalue weighted by Gasteiger charge is 2.29. The lowest BCUT2D eigenvalue weighted by molar-refractivity contribution is 0.648. The summed E-state index contributed by atoms with van der Waals surface area (Å²) in [6.07, 6.45) is 9.52. The molecule has 0 N–H and O–H groups in total. The summed E-state index contributed by atoms with van der Waals surface area (Å²) in [5, 5.41) is 3.50. The highest BCUT2D eigenvalue weighted by Crippen LogP contribution is 2.42. The van der Waals surface area contributed by atoms with Crippen molar-refractivity contribution in [3.63, 3.8) is 0 Å². The fraction of sp³-hybridized carbons (Fsp3) is 0.0465. The Bertz CT molecular complexity index is 2880. The summed E-state index contributed by atoms with van der Waals surface area (Å²) in [4.78, 5) is 25.8. The normalized spacial score (nSPS) is 14.6. The largest absolute Gasteiger partial charge is 0.330 e. The van der Waals surface area contributed by atoms with Crippen LogP contribution in [-0.4, -0.2) is 23.7 Å². The molecular weight excluding hydrogens is 603 g/mol. The van der Waals surface area contributed by atoms with Gasteiger partial charge in [0.15, 0.2) is 0 Å². The van der Waals surface area contributed by atoms with E-state index in [1.54, 1.807) is 0 Å². The average Bonchev–Trinajstić information content (AvgIpc) is 3.69. The van der Waals surface area contributed by atoms with E-state index in [2.05, 4.69) is 82.0 Å². The van der Waals surface area contributed by atoms with Gasteiger partial charge in [0.05, 0.1) is 50.2 Å². The zero-order chi connectivity index (χ0) is 32.5. The van der Waals surface area contributed by atoms with Crippen molar-refractivity contribution >= 4 is 54.6 Å². The number of para-hydroxylation sites is 4. The topological polar surface area (TPSA) is 57.6 Å². The van der Waals surface area contributed by atoms with Gasteiger partial charge in [-0.1, -0.05) is 127 Å². The van der Waals surface area contributed by atoms with Crippen LogP contribution in [0.4, 0.5) is 0 Å². The molecule has 4 heterocycles. The monoisotopic (exact) mass is 631 g/mol. The summed E-state index contributed by atoms with van der Waals surface area (Å²) in [5.41, 5.74) is 8.05. The molecule has 0 saturated carbocycles. The number of rotatable bonds is 4. The summed E-state index contributed by atoms with van der Waals surface area (Å²) in [5.74, 6) is 0.526. The smallest absolute Gasteiger partial charge is 0.265 e. The van der Waals surface area contributed by atoms with Gasteiger partial charge in [-0.3, -0.25) is 13.9 Å². The molecule has 0 bridgehead atoms. The van der Waals surface area contributed by atoms with Crippen LogP contribution in [0.5, 0.6) is 0 Å². The number of hydrogen-bond donors (Lipinski definition) is 0. The van der Waals surface area contributed by atoms with Gasteiger partial charge < -0.3 is 4.57 Å². The quantitative estimate of drug-likeness (QED) is 0.194. The molecule has 0 fully saturated rings. The first kappa shape index (κ1) is 27.6. The minimum absolute atomic E-state index is 0.0428. The van der Waals surface area contributed by atoms with Gasteiger partial charge in [-0.05, 0) is 36.8 Å². The lowest BCUT2D eigenvalue weighted by atomic mass is 10.1. The summed E-state index contributed by atoms with van der Waals surface area (Å²) < 4.78 is 6.45. The zero-order valence-corrected chi connectivity index (χ0v) is 26.4. The number of aromatic nitrogens is 5. The first-order chi connectivity index (χ1) is 24.3. The number of benzene rings is 5. The fourth-order valence-electron chi connectivity index (χ4n) is 7.71. The number of allylic oxidation sites excluding steroid dienone is 4. The molecule has 0 spiro atoms. The molecule has 0 amide bonds. The van der Waals surface area contributed by atoms with Crippen molar-refractivity contribution in [2.24, 2.45) is 0 Å². The van der Waals surface area contributed by atoms with Gasteiger partial charge in [-0.15, -0.1) is 0 Å². The summed E-state index contributed by atoms with van der Waals surface area (Å²) in [6, 6.07) is 45.0. The standard InChI is InChI=1S/C43H29N5O/c49-42-37-32-23-11-14-26-35(32)48(43-44-34-25-13-10-22-31(34)38(45-43)28-16-4-1-5-17-28)40(37)41-39(47(42)30-20-8-3-9-21-30)33-24-12-15-27-36(33)46(41)29-18-6-2-7-19-29/h1-18,20-27,29H,19H2. The molecule has 9 aromatic rings. The molecule has 1 aliphatic rings. The highest BCUT2D eigenvalue weighted by molar-refractivity contribution is 6.22. The van der Waals surface area contributed by atoms with Crippen LogP contribution in [0.25, 0.3) is 77.5 Å². The van der Waals surface area contributed by atoms with E-state index in [1.165, 1.54) is 0 Å². The molecule has 49 heavy (non-hydrogen) atoms. The predicted molar refractivity (Wildman–Crippen MR) is 200 cm³/mol. The van der Waals surface area contributed by atoms with E-state index < -0.39 is 0 Å². The Morgan fingerprint density at radius 2 is 1.24 bits per heavy atom. The summed E-state index contributed by atoms with van der Waals surface area (Å²) in [6.45, 7) is 0. The Morgan fingerprint density at radius 1 is 0.571 bits per heavy atom. The maximum Gasteiger partial charge on any atom is 0.265 e. The van der Waals surface area contributed by atoms with Crippen molar-refractivity contribution in [1.82, 2.24) is 23.7 Å². The van der Waals surface area contributed by atoms with Gasteiger partial charge in [-0.2, -0.15) is 0 Å². The molecule has 6 nitrogen and oxygen atoms in total. The van der Waals surface area contributed by atoms with Gasteiger partial charge >= 0.3 is 0 Å². The molecule has 1 aliphatic carbocycles. The zero-order valence-electron chi connectivity index (χ0n) is 26.4. The maximum atomic E-state index is 15.2. The third kappa shape index (κ3) is 4.04. The molecule has 232 valence electrons. The molecule has 1 unspecified atom stereocenters. The fourth-order valence-corrected chi connectivity index (χ4v) is 7.71. The third-order valence-electron chi connectivity index (χ3n) is 9.77. The van der Waals surface area contributed by atoms with Crippen LogP contribution in [0.1, 0.15) is 12.5 Å². The Kier molecular flexibility index (Phi) is 6.05. The van der Waals surface area contributed by atoms with Gasteiger partial charge in [-0.25, -0.2) is 9.97 Å². The molecule has 0 aliphatic heterocycles. The molecule has 10 rings (SSSR count). The maximum absolute atomic E-state index is 15.2. The van der Waals surface area contributed by atoms with Gasteiger partial charge in [0.2, 0.25) is 5.95 Å². The molecule has 0 saturated heterocycles. The molecule has 4 aromatic heterocycles. The van der Waals surface area contributed by atoms with E-state index in [0.29, 0.717) is 11.3 Å². The van der Waals surface area contributed by atoms with Crippen molar-refractivity contribution in [2.75, 3.05) is 0 Å². The van der Waals surface area contributed by atoms with E-state index in [9.17, 15) is 0 Å². The van der Waals surface area contributed by atoms with Crippen LogP contribution in [0.15, 0.2) is 163 Å². The lowest BCUT2D eigenvalue weighted by Crippen LogP contribution is -2.20. The van der Waals surface area contributed by atoms with E-state index in [4.69, 9.17) is 9.97 Å². The van der Waals surface area contributed by atoms with Crippen molar-refractivity contribution in [3.8, 4) is 22.9 Å². The number of pyridine rings is 1. The Hall–Kier alpha value is -6.53. The molecule has 0 radical (unpaired) electrons. The number of fused-ring (bicyclic) bond motifs is 8. The van der Waals surface area contributed by atoms with Crippen LogP contribution >= 0.6 is 0 Å². The Balaban J connectivity index is 1.47. The van der Waals surface area contributed by atoms with Crippen LogP contribution in [-0.2, 0) is 0 Å². The van der Waals surface area contributed by atoms with E-state index in [-0.39, 0.29) is 11.6 Å². The molecule has 1 atom stereocenters. The van der Waals surface area contributed by atoms with Crippen molar-refractivity contribution in [1.29, 1.82) is 0 Å².